The predicted octanol–water partition coefficient (Wildman–Crippen LogP) is 1.91. The molecule has 0 unspecified atom stereocenters. The fraction of sp³-hybridized carbons (Fsp3) is 0.273. The zero-order valence-corrected chi connectivity index (χ0v) is 8.67. The van der Waals surface area contributed by atoms with Crippen LogP contribution in [0.25, 0.3) is 0 Å². The minimum Gasteiger partial charge on any atom is -0.386 e. The van der Waals surface area contributed by atoms with Crippen LogP contribution >= 0.6 is 0 Å². The molecule has 0 radical (unpaired) electrons. The van der Waals surface area contributed by atoms with Crippen LogP contribution in [0.4, 0.5) is 0 Å². The Hall–Kier alpha value is -1.44. The topological polar surface area (TPSA) is 15.3 Å². The second-order valence-electron chi connectivity index (χ2n) is 2.74. The normalized spacial score (nSPS) is 12.2. The highest BCUT2D eigenvalue weighted by molar-refractivity contribution is 5.30. The van der Waals surface area contributed by atoms with Crippen LogP contribution in [0.5, 0.6) is 0 Å². The molecule has 0 amide bonds. The zero-order valence-electron chi connectivity index (χ0n) is 8.67. The maximum Gasteiger partial charge on any atom is 0.0590 e. The summed E-state index contributed by atoms with van der Waals surface area (Å²) in [5.74, 6) is 0. The first-order valence-electron chi connectivity index (χ1n) is 4.18. The van der Waals surface area contributed by atoms with Gasteiger partial charge in [0.25, 0.3) is 0 Å². The van der Waals surface area contributed by atoms with E-state index in [0.717, 1.165) is 11.4 Å². The van der Waals surface area contributed by atoms with Crippen LogP contribution in [0.15, 0.2) is 48.9 Å². The van der Waals surface area contributed by atoms with Crippen molar-refractivity contribution in [3.63, 3.8) is 0 Å². The summed E-state index contributed by atoms with van der Waals surface area (Å²) in [6.45, 7) is 7.38. The lowest BCUT2D eigenvalue weighted by Crippen LogP contribution is -2.17. The Labute approximate surface area is 80.9 Å². The van der Waals surface area contributed by atoms with Crippen molar-refractivity contribution in [2.75, 3.05) is 21.1 Å². The molecule has 0 aromatic carbocycles. The predicted molar refractivity (Wildman–Crippen MR) is 59.3 cm³/mol. The number of rotatable bonds is 5. The fourth-order valence-corrected chi connectivity index (χ4v) is 0.994. The number of nitrogens with one attached hydrogen (secondary N) is 1. The number of allylic oxidation sites excluding steroid dienone is 4. The average Bonchev–Trinajstić information content (AvgIpc) is 2.11. The van der Waals surface area contributed by atoms with E-state index in [-0.39, 0.29) is 0 Å². The van der Waals surface area contributed by atoms with Gasteiger partial charge in [-0.15, -0.1) is 0 Å². The third-order valence-corrected chi connectivity index (χ3v) is 1.62. The number of hydrogen-bond donors (Lipinski definition) is 1. The summed E-state index contributed by atoms with van der Waals surface area (Å²) >= 11 is 0. The minimum absolute atomic E-state index is 1.03. The summed E-state index contributed by atoms with van der Waals surface area (Å²) < 4.78 is 0. The molecule has 0 aliphatic heterocycles. The zero-order chi connectivity index (χ0) is 10.3. The van der Waals surface area contributed by atoms with Crippen LogP contribution in [0.2, 0.25) is 0 Å². The molecule has 2 heteroatoms. The Morgan fingerprint density at radius 2 is 1.92 bits per heavy atom. The molecule has 2 nitrogen and oxygen atoms in total. The summed E-state index contributed by atoms with van der Waals surface area (Å²) in [4.78, 5) is 2.01. The van der Waals surface area contributed by atoms with Gasteiger partial charge in [0.15, 0.2) is 0 Å². The smallest absolute Gasteiger partial charge is 0.0590 e. The molecule has 0 saturated carbocycles. The molecular formula is C11H18N2. The fourth-order valence-electron chi connectivity index (χ4n) is 0.994. The van der Waals surface area contributed by atoms with Gasteiger partial charge in [0.2, 0.25) is 0 Å². The Morgan fingerprint density at radius 1 is 1.31 bits per heavy atom. The summed E-state index contributed by atoms with van der Waals surface area (Å²) in [7, 11) is 5.85. The van der Waals surface area contributed by atoms with Gasteiger partial charge < -0.3 is 10.2 Å². The second-order valence-corrected chi connectivity index (χ2v) is 2.74. The number of hydrogen-bond acceptors (Lipinski definition) is 2. The van der Waals surface area contributed by atoms with Gasteiger partial charge in [-0.25, -0.2) is 0 Å². The van der Waals surface area contributed by atoms with E-state index >= 15 is 0 Å². The van der Waals surface area contributed by atoms with Crippen molar-refractivity contribution >= 4 is 0 Å². The highest BCUT2D eigenvalue weighted by Crippen LogP contribution is 2.06. The molecular weight excluding hydrogens is 160 g/mol. The van der Waals surface area contributed by atoms with Crippen molar-refractivity contribution in [3.8, 4) is 0 Å². The largest absolute Gasteiger partial charge is 0.386 e. The van der Waals surface area contributed by atoms with Crippen LogP contribution < -0.4 is 5.32 Å². The molecule has 0 fully saturated rings. The molecule has 0 spiro atoms. The van der Waals surface area contributed by atoms with Crippen molar-refractivity contribution in [1.82, 2.24) is 10.2 Å². The molecule has 0 aliphatic rings. The third-order valence-electron chi connectivity index (χ3n) is 1.62. The summed E-state index contributed by atoms with van der Waals surface area (Å²) in [5.41, 5.74) is 2.08. The first-order chi connectivity index (χ1) is 6.17. The third kappa shape index (κ3) is 3.65. The standard InChI is InChI=1S/C11H18N2/c1-6-8-9-10(12-3)11(7-2)13(4)5/h6-9,12H,1-2H2,3-5H3/b9-8-,11-10-. The lowest BCUT2D eigenvalue weighted by Gasteiger charge is -2.17. The van der Waals surface area contributed by atoms with Crippen LogP contribution in [0.1, 0.15) is 0 Å². The van der Waals surface area contributed by atoms with Gasteiger partial charge in [-0.1, -0.05) is 25.3 Å². The van der Waals surface area contributed by atoms with Gasteiger partial charge in [-0.05, 0) is 12.2 Å². The molecule has 0 rings (SSSR count). The molecule has 0 atom stereocenters. The highest BCUT2D eigenvalue weighted by atomic mass is 15.1. The van der Waals surface area contributed by atoms with E-state index < -0.39 is 0 Å². The van der Waals surface area contributed by atoms with Gasteiger partial charge in [0.05, 0.1) is 11.4 Å². The number of nitrogens with zero attached hydrogens (tertiary/aromatic N) is 1. The van der Waals surface area contributed by atoms with Crippen molar-refractivity contribution in [2.45, 2.75) is 0 Å². The maximum absolute atomic E-state index is 3.76. The van der Waals surface area contributed by atoms with Gasteiger partial charge in [-0.2, -0.15) is 0 Å². The summed E-state index contributed by atoms with van der Waals surface area (Å²) in [6, 6.07) is 0. The molecule has 13 heavy (non-hydrogen) atoms. The highest BCUT2D eigenvalue weighted by Gasteiger charge is 1.99. The minimum atomic E-state index is 1.03. The Balaban J connectivity index is 4.92. The lowest BCUT2D eigenvalue weighted by atomic mass is 10.2. The number of likely N-dealkylation sites (N-methyl/N-ethyl adjacent to an activating group) is 2. The van der Waals surface area contributed by atoms with Crippen LogP contribution in [-0.4, -0.2) is 26.0 Å². The Bertz CT molecular complexity index is 234. The molecule has 0 saturated heterocycles. The van der Waals surface area contributed by atoms with Crippen molar-refractivity contribution in [3.05, 3.63) is 48.9 Å². The van der Waals surface area contributed by atoms with Gasteiger partial charge in [-0.3, -0.25) is 0 Å². The van der Waals surface area contributed by atoms with E-state index in [9.17, 15) is 0 Å². The average molecular weight is 178 g/mol. The van der Waals surface area contributed by atoms with Gasteiger partial charge in [0.1, 0.15) is 0 Å². The van der Waals surface area contributed by atoms with E-state index in [1.54, 1.807) is 6.08 Å². The monoisotopic (exact) mass is 178 g/mol. The van der Waals surface area contributed by atoms with Gasteiger partial charge >= 0.3 is 0 Å². The summed E-state index contributed by atoms with van der Waals surface area (Å²) in [6.07, 6.45) is 7.41. The Kier molecular flexibility index (Phi) is 5.44. The van der Waals surface area contributed by atoms with Crippen LogP contribution in [0.3, 0.4) is 0 Å². The Morgan fingerprint density at radius 3 is 2.23 bits per heavy atom. The van der Waals surface area contributed by atoms with Crippen LogP contribution in [-0.2, 0) is 0 Å². The SMILES string of the molecule is C=C/C=C\C(NC)=C(/C=C)N(C)C. The van der Waals surface area contributed by atoms with E-state index in [1.165, 1.54) is 0 Å². The van der Waals surface area contributed by atoms with Crippen molar-refractivity contribution in [2.24, 2.45) is 0 Å². The van der Waals surface area contributed by atoms with E-state index in [0.29, 0.717) is 0 Å². The second kappa shape index (κ2) is 6.12. The van der Waals surface area contributed by atoms with Crippen LogP contribution in [0, 0.1) is 0 Å². The van der Waals surface area contributed by atoms with E-state index in [1.807, 2.05) is 44.3 Å². The molecule has 0 aliphatic carbocycles. The molecule has 0 aromatic heterocycles. The lowest BCUT2D eigenvalue weighted by molar-refractivity contribution is 0.521. The molecule has 0 aromatic rings. The quantitative estimate of drug-likeness (QED) is 0.647. The van der Waals surface area contributed by atoms with Crippen molar-refractivity contribution < 1.29 is 0 Å². The molecule has 0 bridgehead atoms. The van der Waals surface area contributed by atoms with E-state index in [2.05, 4.69) is 18.5 Å². The van der Waals surface area contributed by atoms with E-state index in [4.69, 9.17) is 0 Å². The molecule has 72 valence electrons. The maximum atomic E-state index is 3.76. The van der Waals surface area contributed by atoms with Gasteiger partial charge in [0, 0.05) is 21.1 Å². The molecule has 1 N–H and O–H groups in total. The first-order valence-corrected chi connectivity index (χ1v) is 4.18. The van der Waals surface area contributed by atoms with Crippen molar-refractivity contribution in [1.29, 1.82) is 0 Å². The molecule has 0 heterocycles. The first kappa shape index (κ1) is 11.6. The summed E-state index contributed by atoms with van der Waals surface area (Å²) in [5, 5.41) is 3.10.